The molecule has 0 aromatic heterocycles. The van der Waals surface area contributed by atoms with Crippen LogP contribution >= 0.6 is 0 Å². The molecule has 0 spiro atoms. The van der Waals surface area contributed by atoms with Crippen LogP contribution in [0.1, 0.15) is 11.6 Å². The minimum Gasteiger partial charge on any atom is -0.454 e. The van der Waals surface area contributed by atoms with Gasteiger partial charge in [0.2, 0.25) is 6.79 Å². The van der Waals surface area contributed by atoms with E-state index < -0.39 is 17.6 Å². The molecule has 1 aliphatic rings. The van der Waals surface area contributed by atoms with Crippen LogP contribution in [0.15, 0.2) is 12.1 Å². The minimum atomic E-state index is -1.03. The second-order valence-electron chi connectivity index (χ2n) is 3.28. The maximum absolute atomic E-state index is 12.4. The summed E-state index contributed by atoms with van der Waals surface area (Å²) in [6, 6.07) is 1.52. The van der Waals surface area contributed by atoms with Crippen LogP contribution in [0.2, 0.25) is 0 Å². The molecule has 6 nitrogen and oxygen atoms in total. The second kappa shape index (κ2) is 3.93. The summed E-state index contributed by atoms with van der Waals surface area (Å²) in [4.78, 5) is 10.2. The van der Waals surface area contributed by atoms with Crippen molar-refractivity contribution in [2.45, 2.75) is 6.04 Å². The van der Waals surface area contributed by atoms with Crippen molar-refractivity contribution in [1.29, 1.82) is 0 Å². The van der Waals surface area contributed by atoms with Crippen LogP contribution in [0.3, 0.4) is 0 Å². The Balaban J connectivity index is 2.53. The van der Waals surface area contributed by atoms with Gasteiger partial charge in [-0.15, -0.1) is 0 Å². The van der Waals surface area contributed by atoms with Gasteiger partial charge in [-0.25, -0.2) is 4.39 Å². The Kier molecular flexibility index (Phi) is 2.61. The molecule has 0 amide bonds. The number of halogens is 1. The molecule has 0 saturated heterocycles. The molecule has 0 saturated carbocycles. The second-order valence-corrected chi connectivity index (χ2v) is 3.28. The number of hydrogen-bond donors (Lipinski definition) is 1. The van der Waals surface area contributed by atoms with Gasteiger partial charge in [-0.2, -0.15) is 0 Å². The first-order chi connectivity index (χ1) is 7.63. The highest BCUT2D eigenvalue weighted by Crippen LogP contribution is 2.39. The van der Waals surface area contributed by atoms with Crippen LogP contribution in [0, 0.1) is 10.1 Å². The Labute approximate surface area is 89.9 Å². The maximum Gasteiger partial charge on any atom is 0.278 e. The van der Waals surface area contributed by atoms with E-state index in [4.69, 9.17) is 15.2 Å². The summed E-state index contributed by atoms with van der Waals surface area (Å²) in [6.07, 6.45) is 0. The molecule has 7 heteroatoms. The van der Waals surface area contributed by atoms with Crippen LogP contribution in [-0.4, -0.2) is 18.4 Å². The Hall–Kier alpha value is -1.89. The number of ether oxygens (including phenoxy) is 2. The summed E-state index contributed by atoms with van der Waals surface area (Å²) in [5.74, 6) is 0.631. The monoisotopic (exact) mass is 228 g/mol. The van der Waals surface area contributed by atoms with E-state index in [0.717, 1.165) is 0 Å². The third-order valence-electron chi connectivity index (χ3n) is 2.28. The van der Waals surface area contributed by atoms with E-state index in [1.165, 1.54) is 12.1 Å². The van der Waals surface area contributed by atoms with Gasteiger partial charge in [0.15, 0.2) is 11.5 Å². The number of fused-ring (bicyclic) bond motifs is 1. The van der Waals surface area contributed by atoms with Gasteiger partial charge in [0.25, 0.3) is 5.69 Å². The van der Waals surface area contributed by atoms with Gasteiger partial charge < -0.3 is 15.2 Å². The lowest BCUT2D eigenvalue weighted by atomic mass is 10.1. The molecule has 0 unspecified atom stereocenters. The van der Waals surface area contributed by atoms with E-state index in [0.29, 0.717) is 5.75 Å². The Bertz CT molecular complexity index is 438. The molecular formula is C9H9FN2O4. The van der Waals surface area contributed by atoms with Crippen molar-refractivity contribution in [3.63, 3.8) is 0 Å². The zero-order valence-corrected chi connectivity index (χ0v) is 8.18. The highest BCUT2D eigenvalue weighted by atomic mass is 19.1. The number of rotatable bonds is 3. The van der Waals surface area contributed by atoms with Gasteiger partial charge in [0, 0.05) is 0 Å². The molecule has 0 aliphatic carbocycles. The van der Waals surface area contributed by atoms with Gasteiger partial charge in [-0.1, -0.05) is 0 Å². The molecule has 0 bridgehead atoms. The molecule has 0 radical (unpaired) electrons. The summed E-state index contributed by atoms with van der Waals surface area (Å²) < 4.78 is 22.5. The van der Waals surface area contributed by atoms with E-state index in [-0.39, 0.29) is 23.8 Å². The number of nitrogens with two attached hydrogens (primary N) is 1. The molecular weight excluding hydrogens is 219 g/mol. The fraction of sp³-hybridized carbons (Fsp3) is 0.333. The van der Waals surface area contributed by atoms with Crippen LogP contribution < -0.4 is 15.2 Å². The van der Waals surface area contributed by atoms with Crippen molar-refractivity contribution in [3.05, 3.63) is 27.8 Å². The minimum absolute atomic E-state index is 0.000798. The fourth-order valence-electron chi connectivity index (χ4n) is 1.49. The summed E-state index contributed by atoms with van der Waals surface area (Å²) in [5, 5.41) is 10.8. The smallest absolute Gasteiger partial charge is 0.278 e. The summed E-state index contributed by atoms with van der Waals surface area (Å²) >= 11 is 0. The fourth-order valence-corrected chi connectivity index (χ4v) is 1.49. The molecule has 1 aromatic carbocycles. The van der Waals surface area contributed by atoms with Crippen molar-refractivity contribution < 1.29 is 18.8 Å². The number of nitro benzene ring substituents is 1. The molecule has 1 aliphatic heterocycles. The van der Waals surface area contributed by atoms with E-state index in [9.17, 15) is 14.5 Å². The highest BCUT2D eigenvalue weighted by Gasteiger charge is 2.26. The van der Waals surface area contributed by atoms with Crippen molar-refractivity contribution in [1.82, 2.24) is 0 Å². The molecule has 1 aromatic rings. The maximum atomic E-state index is 12.4. The van der Waals surface area contributed by atoms with Crippen molar-refractivity contribution >= 4 is 5.69 Å². The van der Waals surface area contributed by atoms with E-state index in [1.54, 1.807) is 0 Å². The molecule has 86 valence electrons. The van der Waals surface area contributed by atoms with Crippen LogP contribution in [-0.2, 0) is 0 Å². The van der Waals surface area contributed by atoms with Gasteiger partial charge in [-0.05, 0) is 6.07 Å². The third kappa shape index (κ3) is 1.65. The first kappa shape index (κ1) is 10.6. The van der Waals surface area contributed by atoms with Crippen molar-refractivity contribution in [3.8, 4) is 11.5 Å². The first-order valence-corrected chi connectivity index (χ1v) is 4.53. The zero-order valence-electron chi connectivity index (χ0n) is 8.18. The van der Waals surface area contributed by atoms with Crippen LogP contribution in [0.4, 0.5) is 10.1 Å². The standard InChI is InChI=1S/C9H9FN2O4/c10-3-6(11)5-1-8-9(16-4-15-8)2-7(5)12(13)14/h1-2,6H,3-4,11H2/t6-/m1/s1. The number of hydrogen-bond acceptors (Lipinski definition) is 5. The zero-order chi connectivity index (χ0) is 11.7. The normalized spacial score (nSPS) is 14.9. The first-order valence-electron chi connectivity index (χ1n) is 4.53. The highest BCUT2D eigenvalue weighted by molar-refractivity contribution is 5.56. The van der Waals surface area contributed by atoms with Crippen LogP contribution in [0.5, 0.6) is 11.5 Å². The number of nitro groups is 1. The van der Waals surface area contributed by atoms with Crippen molar-refractivity contribution in [2.24, 2.45) is 5.73 Å². The van der Waals surface area contributed by atoms with Crippen molar-refractivity contribution in [2.75, 3.05) is 13.5 Å². The quantitative estimate of drug-likeness (QED) is 0.622. The third-order valence-corrected chi connectivity index (χ3v) is 2.28. The number of benzene rings is 1. The molecule has 0 fully saturated rings. The number of nitrogens with zero attached hydrogens (tertiary/aromatic N) is 1. The van der Waals surface area contributed by atoms with E-state index >= 15 is 0 Å². The Morgan fingerprint density at radius 1 is 1.50 bits per heavy atom. The largest absolute Gasteiger partial charge is 0.454 e. The topological polar surface area (TPSA) is 87.6 Å². The lowest BCUT2D eigenvalue weighted by molar-refractivity contribution is -0.385. The average Bonchev–Trinajstić information content (AvgIpc) is 2.73. The average molecular weight is 228 g/mol. The van der Waals surface area contributed by atoms with Crippen LogP contribution in [0.25, 0.3) is 0 Å². The van der Waals surface area contributed by atoms with Gasteiger partial charge in [-0.3, -0.25) is 10.1 Å². The lowest BCUT2D eigenvalue weighted by Gasteiger charge is -2.08. The van der Waals surface area contributed by atoms with Gasteiger partial charge in [0.1, 0.15) is 6.67 Å². The van der Waals surface area contributed by atoms with E-state index in [1.807, 2.05) is 0 Å². The Morgan fingerprint density at radius 3 is 2.69 bits per heavy atom. The molecule has 2 N–H and O–H groups in total. The predicted octanol–water partition coefficient (Wildman–Crippen LogP) is 1.29. The SMILES string of the molecule is N[C@H](CF)c1cc2c(cc1[N+](=O)[O-])OCO2. The molecule has 1 atom stereocenters. The summed E-state index contributed by atoms with van der Waals surface area (Å²) in [6.45, 7) is -0.874. The number of alkyl halides is 1. The summed E-state index contributed by atoms with van der Waals surface area (Å²) in [5.41, 5.74) is 5.30. The predicted molar refractivity (Wildman–Crippen MR) is 52.1 cm³/mol. The lowest BCUT2D eigenvalue weighted by Crippen LogP contribution is -2.14. The molecule has 16 heavy (non-hydrogen) atoms. The van der Waals surface area contributed by atoms with Gasteiger partial charge >= 0.3 is 0 Å². The Morgan fingerprint density at radius 2 is 2.12 bits per heavy atom. The van der Waals surface area contributed by atoms with E-state index in [2.05, 4.69) is 0 Å². The molecule has 1 heterocycles. The summed E-state index contributed by atoms with van der Waals surface area (Å²) in [7, 11) is 0. The van der Waals surface area contributed by atoms with Gasteiger partial charge in [0.05, 0.1) is 22.6 Å². The molecule has 2 rings (SSSR count).